The fourth-order valence-electron chi connectivity index (χ4n) is 4.66. The van der Waals surface area contributed by atoms with Crippen LogP contribution in [0, 0.1) is 0 Å². The van der Waals surface area contributed by atoms with Crippen LogP contribution in [-0.2, 0) is 33.2 Å². The molecule has 2 saturated heterocycles. The smallest absolute Gasteiger partial charge is 0.187 e. The normalized spacial score (nSPS) is 33.2. The SMILES string of the molecule is CCCCCCCCOCCOCCOCCOCCS[C@@H]1O[C@H](CO)[C@@H](O[C@H]2O[C@H](CO)[C@@H](O)[C@H](O)[C@H]2O)[C@H](O)[C@H]1O. The second-order valence-corrected chi connectivity index (χ2v) is 11.8. The van der Waals surface area contributed by atoms with E-state index in [9.17, 15) is 35.7 Å². The second kappa shape index (κ2) is 23.2. The lowest BCUT2D eigenvalue weighted by molar-refractivity contribution is -0.338. The maximum atomic E-state index is 10.7. The lowest BCUT2D eigenvalue weighted by atomic mass is 9.97. The summed E-state index contributed by atoms with van der Waals surface area (Å²) in [5.41, 5.74) is -0.895. The van der Waals surface area contributed by atoms with Crippen LogP contribution in [0.5, 0.6) is 0 Å². The number of thioether (sulfide) groups is 1. The minimum atomic E-state index is -1.71. The summed E-state index contributed by atoms with van der Waals surface area (Å²) in [5.74, 6) is 0.423. The van der Waals surface area contributed by atoms with Crippen LogP contribution in [0.25, 0.3) is 0 Å². The van der Waals surface area contributed by atoms with Gasteiger partial charge >= 0.3 is 0 Å². The number of aliphatic hydroxyl groups excluding tert-OH is 7. The minimum absolute atomic E-state index is 0.331. The molecule has 2 aliphatic rings. The molecule has 0 unspecified atom stereocenters. The predicted octanol–water partition coefficient (Wildman–Crippen LogP) is -1.23. The molecule has 0 radical (unpaired) electrons. The number of rotatable bonds is 24. The van der Waals surface area contributed by atoms with Crippen LogP contribution in [0.4, 0.5) is 0 Å². The monoisotopic (exact) mass is 646 g/mol. The van der Waals surface area contributed by atoms with E-state index >= 15 is 0 Å². The topological polar surface area (TPSA) is 206 Å². The Bertz CT molecular complexity index is 677. The Morgan fingerprint density at radius 1 is 0.558 bits per heavy atom. The van der Waals surface area contributed by atoms with Crippen molar-refractivity contribution in [1.82, 2.24) is 0 Å². The number of aliphatic hydroxyl groups is 7. The largest absolute Gasteiger partial charge is 0.394 e. The zero-order valence-electron chi connectivity index (χ0n) is 25.2. The molecule has 0 spiro atoms. The third kappa shape index (κ3) is 14.0. The van der Waals surface area contributed by atoms with E-state index in [-0.39, 0.29) is 0 Å². The zero-order valence-corrected chi connectivity index (χ0v) is 26.0. The summed E-state index contributed by atoms with van der Waals surface area (Å²) in [7, 11) is 0. The number of hydrogen-bond acceptors (Lipinski definition) is 15. The van der Waals surface area contributed by atoms with Gasteiger partial charge in [-0.2, -0.15) is 0 Å². The number of unbranched alkanes of at least 4 members (excludes halogenated alkanes) is 5. The summed E-state index contributed by atoms with van der Waals surface area (Å²) >= 11 is 1.19. The van der Waals surface area contributed by atoms with Crippen molar-refractivity contribution in [3.63, 3.8) is 0 Å². The van der Waals surface area contributed by atoms with Crippen LogP contribution >= 0.6 is 11.8 Å². The highest BCUT2D eigenvalue weighted by Crippen LogP contribution is 2.32. The van der Waals surface area contributed by atoms with Crippen LogP contribution in [0.3, 0.4) is 0 Å². The molecular weight excluding hydrogens is 592 g/mol. The molecule has 0 bridgehead atoms. The van der Waals surface area contributed by atoms with Crippen LogP contribution in [0.15, 0.2) is 0 Å². The van der Waals surface area contributed by atoms with Gasteiger partial charge in [-0.1, -0.05) is 39.0 Å². The Morgan fingerprint density at radius 2 is 1.12 bits per heavy atom. The standard InChI is InChI=1S/C28H54O14S/c1-2-3-4-5-6-7-8-36-9-10-37-11-12-38-13-14-39-15-16-43-28-25(35)23(33)26(20(18-30)41-28)42-27-24(34)22(32)21(31)19(17-29)40-27/h19-35H,2-18H2,1H3/t19-,20-,21-,22+,23-,24-,25-,26-,27-,28+/m1/s1. The Hall–Kier alpha value is -0.210. The highest BCUT2D eigenvalue weighted by atomic mass is 32.2. The van der Waals surface area contributed by atoms with Gasteiger partial charge in [-0.05, 0) is 6.42 Å². The molecule has 2 fully saturated rings. The van der Waals surface area contributed by atoms with Crippen molar-refractivity contribution >= 4 is 11.8 Å². The van der Waals surface area contributed by atoms with E-state index in [2.05, 4.69) is 6.92 Å². The molecule has 7 N–H and O–H groups in total. The average molecular weight is 647 g/mol. The molecule has 2 heterocycles. The third-order valence-electron chi connectivity index (χ3n) is 7.23. The van der Waals surface area contributed by atoms with Gasteiger partial charge in [-0.15, -0.1) is 11.8 Å². The van der Waals surface area contributed by atoms with Gasteiger partial charge < -0.3 is 68.9 Å². The van der Waals surface area contributed by atoms with Crippen molar-refractivity contribution in [2.45, 2.75) is 106 Å². The number of ether oxygens (including phenoxy) is 7. The van der Waals surface area contributed by atoms with E-state index in [1.54, 1.807) is 0 Å². The molecule has 0 amide bonds. The molecule has 2 rings (SSSR count). The molecule has 15 heteroatoms. The van der Waals surface area contributed by atoms with E-state index in [4.69, 9.17) is 33.2 Å². The van der Waals surface area contributed by atoms with Gasteiger partial charge in [-0.3, -0.25) is 0 Å². The van der Waals surface area contributed by atoms with Crippen molar-refractivity contribution in [3.8, 4) is 0 Å². The third-order valence-corrected chi connectivity index (χ3v) is 8.35. The maximum Gasteiger partial charge on any atom is 0.187 e. The molecule has 256 valence electrons. The van der Waals surface area contributed by atoms with Crippen LogP contribution in [0.1, 0.15) is 45.4 Å². The van der Waals surface area contributed by atoms with Gasteiger partial charge in [0.25, 0.3) is 0 Å². The first-order valence-corrected chi connectivity index (χ1v) is 16.4. The van der Waals surface area contributed by atoms with Crippen LogP contribution < -0.4 is 0 Å². The molecule has 43 heavy (non-hydrogen) atoms. The van der Waals surface area contributed by atoms with Gasteiger partial charge in [0.1, 0.15) is 54.3 Å². The molecule has 0 aromatic rings. The summed E-state index contributed by atoms with van der Waals surface area (Å²) in [6.07, 6.45) is -5.64. The number of hydrogen-bond donors (Lipinski definition) is 7. The average Bonchev–Trinajstić information content (AvgIpc) is 3.01. The lowest BCUT2D eigenvalue weighted by Crippen LogP contribution is -2.64. The molecule has 0 aromatic carbocycles. The van der Waals surface area contributed by atoms with Gasteiger partial charge in [0.15, 0.2) is 6.29 Å². The summed E-state index contributed by atoms with van der Waals surface area (Å²) < 4.78 is 38.7. The van der Waals surface area contributed by atoms with Crippen molar-refractivity contribution in [1.29, 1.82) is 0 Å². The molecule has 0 aliphatic carbocycles. The van der Waals surface area contributed by atoms with Crippen molar-refractivity contribution in [2.24, 2.45) is 0 Å². The minimum Gasteiger partial charge on any atom is -0.394 e. The highest BCUT2D eigenvalue weighted by Gasteiger charge is 2.50. The summed E-state index contributed by atoms with van der Waals surface area (Å²) in [6, 6.07) is 0. The predicted molar refractivity (Wildman–Crippen MR) is 156 cm³/mol. The van der Waals surface area contributed by atoms with Crippen molar-refractivity contribution in [3.05, 3.63) is 0 Å². The quantitative estimate of drug-likeness (QED) is 0.0613. The molecule has 10 atom stereocenters. The van der Waals surface area contributed by atoms with Gasteiger partial charge in [0.05, 0.1) is 59.5 Å². The Morgan fingerprint density at radius 3 is 1.72 bits per heavy atom. The zero-order chi connectivity index (χ0) is 31.5. The molecule has 0 saturated carbocycles. The second-order valence-electron chi connectivity index (χ2n) is 10.6. The molecule has 14 nitrogen and oxygen atoms in total. The van der Waals surface area contributed by atoms with E-state index in [0.29, 0.717) is 52.0 Å². The molecular formula is C28H54O14S. The first-order valence-electron chi connectivity index (χ1n) is 15.4. The molecule has 0 aromatic heterocycles. The van der Waals surface area contributed by atoms with E-state index in [0.717, 1.165) is 13.0 Å². The lowest BCUT2D eigenvalue weighted by Gasteiger charge is -2.46. The highest BCUT2D eigenvalue weighted by molar-refractivity contribution is 7.99. The Balaban J connectivity index is 1.52. The van der Waals surface area contributed by atoms with Crippen LogP contribution in [0.2, 0.25) is 0 Å². The maximum absolute atomic E-state index is 10.7. The van der Waals surface area contributed by atoms with Crippen LogP contribution in [-0.4, -0.2) is 168 Å². The fraction of sp³-hybridized carbons (Fsp3) is 1.00. The van der Waals surface area contributed by atoms with Gasteiger partial charge in [0, 0.05) is 12.4 Å². The summed E-state index contributed by atoms with van der Waals surface area (Å²) in [6.45, 7) is 4.89. The first-order chi connectivity index (χ1) is 20.8. The van der Waals surface area contributed by atoms with E-state index < -0.39 is 73.8 Å². The van der Waals surface area contributed by atoms with Crippen molar-refractivity contribution in [2.75, 3.05) is 71.8 Å². The Kier molecular flexibility index (Phi) is 21.0. The van der Waals surface area contributed by atoms with Gasteiger partial charge in [-0.25, -0.2) is 0 Å². The van der Waals surface area contributed by atoms with E-state index in [1.165, 1.54) is 43.9 Å². The van der Waals surface area contributed by atoms with Gasteiger partial charge in [0.2, 0.25) is 0 Å². The van der Waals surface area contributed by atoms with E-state index in [1.807, 2.05) is 0 Å². The Labute approximate surface area is 258 Å². The molecule has 2 aliphatic heterocycles. The fourth-order valence-corrected chi connectivity index (χ4v) is 5.69. The summed E-state index contributed by atoms with van der Waals surface area (Å²) in [5, 5.41) is 70.5. The first kappa shape index (κ1) is 39.0. The van der Waals surface area contributed by atoms with Crippen molar-refractivity contribution < 1.29 is 68.9 Å². The summed E-state index contributed by atoms with van der Waals surface area (Å²) in [4.78, 5) is 0.